The second-order valence-electron chi connectivity index (χ2n) is 9.73. The number of para-hydroxylation sites is 1. The van der Waals surface area contributed by atoms with Crippen molar-refractivity contribution in [2.45, 2.75) is 51.0 Å². The van der Waals surface area contributed by atoms with Gasteiger partial charge in [-0.05, 0) is 55.1 Å². The number of carboxylic acid groups (broad SMARTS) is 2. The maximum Gasteiger partial charge on any atom is 0.328 e. The zero-order valence-electron chi connectivity index (χ0n) is 20.9. The van der Waals surface area contributed by atoms with Crippen LogP contribution in [-0.4, -0.2) is 57.9 Å². The predicted molar refractivity (Wildman–Crippen MR) is 135 cm³/mol. The number of ether oxygens (including phenoxy) is 1. The molecule has 3 heterocycles. The zero-order valence-corrected chi connectivity index (χ0v) is 20.9. The van der Waals surface area contributed by atoms with Gasteiger partial charge in [0, 0.05) is 42.5 Å². The first-order chi connectivity index (χ1) is 17.7. The maximum absolute atomic E-state index is 13.4. The molecule has 0 spiro atoms. The number of benzene rings is 2. The van der Waals surface area contributed by atoms with Crippen molar-refractivity contribution < 1.29 is 33.5 Å². The largest absolute Gasteiger partial charge is 0.488 e. The maximum atomic E-state index is 13.4. The van der Waals surface area contributed by atoms with Crippen molar-refractivity contribution in [3.05, 3.63) is 71.2 Å². The van der Waals surface area contributed by atoms with Crippen molar-refractivity contribution in [1.82, 2.24) is 10.1 Å². The molecule has 5 rings (SSSR count). The Morgan fingerprint density at radius 1 is 1.14 bits per heavy atom. The van der Waals surface area contributed by atoms with Gasteiger partial charge in [-0.25, -0.2) is 14.0 Å². The highest BCUT2D eigenvalue weighted by Crippen LogP contribution is 2.37. The number of likely N-dealkylation sites (tertiary alicyclic amines) is 1. The second kappa shape index (κ2) is 11.6. The van der Waals surface area contributed by atoms with Gasteiger partial charge in [0.15, 0.2) is 5.58 Å². The number of rotatable bonds is 6. The topological polar surface area (TPSA) is 113 Å². The van der Waals surface area contributed by atoms with E-state index in [1.807, 2.05) is 0 Å². The second-order valence-corrected chi connectivity index (χ2v) is 9.73. The van der Waals surface area contributed by atoms with E-state index in [0.29, 0.717) is 29.6 Å². The molecule has 1 saturated heterocycles. The van der Waals surface area contributed by atoms with Gasteiger partial charge in [-0.15, -0.1) is 0 Å². The fourth-order valence-electron chi connectivity index (χ4n) is 4.96. The number of hydrogen-bond donors (Lipinski definition) is 2. The molecule has 0 amide bonds. The lowest BCUT2D eigenvalue weighted by molar-refractivity contribution is -0.134. The predicted octanol–water partition coefficient (Wildman–Crippen LogP) is 4.99. The number of halogens is 1. The van der Waals surface area contributed by atoms with E-state index in [4.69, 9.17) is 19.5 Å². The molecular formula is C28H31FN2O6. The van der Waals surface area contributed by atoms with E-state index >= 15 is 0 Å². The molecule has 37 heavy (non-hydrogen) atoms. The molecule has 0 saturated carbocycles. The van der Waals surface area contributed by atoms with Gasteiger partial charge in [0.25, 0.3) is 0 Å². The number of piperidine rings is 1. The Morgan fingerprint density at radius 2 is 1.84 bits per heavy atom. The zero-order chi connectivity index (χ0) is 26.5. The summed E-state index contributed by atoms with van der Waals surface area (Å²) in [5.74, 6) is -0.839. The van der Waals surface area contributed by atoms with Crippen molar-refractivity contribution in [3.63, 3.8) is 0 Å². The minimum atomic E-state index is -1.26. The lowest BCUT2D eigenvalue weighted by atomic mass is 9.91. The number of carboxylic acids is 2. The summed E-state index contributed by atoms with van der Waals surface area (Å²) >= 11 is 0. The number of fused-ring (bicyclic) bond motifs is 2. The third-order valence-corrected chi connectivity index (χ3v) is 6.75. The fourth-order valence-corrected chi connectivity index (χ4v) is 4.96. The smallest absolute Gasteiger partial charge is 0.328 e. The molecule has 0 aliphatic carbocycles. The lowest BCUT2D eigenvalue weighted by Crippen LogP contribution is -2.40. The van der Waals surface area contributed by atoms with Crippen molar-refractivity contribution in [1.29, 1.82) is 0 Å². The van der Waals surface area contributed by atoms with Gasteiger partial charge < -0.3 is 19.5 Å². The molecule has 1 fully saturated rings. The first kappa shape index (κ1) is 26.3. The molecule has 0 bridgehead atoms. The molecule has 2 aliphatic rings. The van der Waals surface area contributed by atoms with E-state index in [2.05, 4.69) is 42.1 Å². The Hall–Kier alpha value is -3.72. The molecule has 8 nitrogen and oxygen atoms in total. The molecule has 2 aromatic carbocycles. The van der Waals surface area contributed by atoms with Crippen LogP contribution in [0.2, 0.25) is 0 Å². The Labute approximate surface area is 214 Å². The van der Waals surface area contributed by atoms with Crippen molar-refractivity contribution >= 4 is 22.9 Å². The molecule has 9 heteroatoms. The van der Waals surface area contributed by atoms with Gasteiger partial charge in [-0.2, -0.15) is 0 Å². The SMILES string of the molecule is CC(C)c1cccc2c1OC(CN1CCC(c3noc4cc(F)ccc34)CC1)C2.O=C(O)C=CC(=O)O. The molecule has 2 N–H and O–H groups in total. The average Bonchev–Trinajstić information content (AvgIpc) is 3.46. The van der Waals surface area contributed by atoms with Crippen LogP contribution in [0.3, 0.4) is 0 Å². The first-order valence-corrected chi connectivity index (χ1v) is 12.4. The van der Waals surface area contributed by atoms with Crippen LogP contribution in [0.5, 0.6) is 5.75 Å². The van der Waals surface area contributed by atoms with Crippen molar-refractivity contribution in [2.75, 3.05) is 19.6 Å². The van der Waals surface area contributed by atoms with Crippen LogP contribution in [0.15, 0.2) is 53.1 Å². The summed E-state index contributed by atoms with van der Waals surface area (Å²) < 4.78 is 25.1. The van der Waals surface area contributed by atoms with Gasteiger partial charge >= 0.3 is 11.9 Å². The van der Waals surface area contributed by atoms with Crippen LogP contribution in [-0.2, 0) is 16.0 Å². The number of aromatic nitrogens is 1. The monoisotopic (exact) mass is 510 g/mol. The van der Waals surface area contributed by atoms with Gasteiger partial charge in [-0.1, -0.05) is 37.2 Å². The summed E-state index contributed by atoms with van der Waals surface area (Å²) in [5, 5.41) is 20.8. The highest BCUT2D eigenvalue weighted by atomic mass is 19.1. The molecule has 1 aromatic heterocycles. The third-order valence-electron chi connectivity index (χ3n) is 6.75. The highest BCUT2D eigenvalue weighted by molar-refractivity contribution is 5.89. The summed E-state index contributed by atoms with van der Waals surface area (Å²) in [4.78, 5) is 21.6. The Bertz CT molecular complexity index is 1280. The molecular weight excluding hydrogens is 479 g/mol. The van der Waals surface area contributed by atoms with E-state index < -0.39 is 11.9 Å². The molecule has 1 unspecified atom stereocenters. The van der Waals surface area contributed by atoms with Gasteiger partial charge in [0.2, 0.25) is 0 Å². The summed E-state index contributed by atoms with van der Waals surface area (Å²) in [6.07, 6.45) is 4.42. The van der Waals surface area contributed by atoms with E-state index in [0.717, 1.165) is 55.7 Å². The van der Waals surface area contributed by atoms with Gasteiger partial charge in [0.1, 0.15) is 17.7 Å². The summed E-state index contributed by atoms with van der Waals surface area (Å²) in [7, 11) is 0. The summed E-state index contributed by atoms with van der Waals surface area (Å²) in [6, 6.07) is 11.2. The van der Waals surface area contributed by atoms with Crippen LogP contribution < -0.4 is 4.74 Å². The minimum Gasteiger partial charge on any atom is -0.488 e. The third kappa shape index (κ3) is 6.54. The molecule has 196 valence electrons. The number of carbonyl (C=O) groups is 2. The van der Waals surface area contributed by atoms with E-state index in [-0.39, 0.29) is 11.9 Å². The standard InChI is InChI=1S/C24H27FN2O2.C4H4O4/c1-15(2)20-5-3-4-17-12-19(28-24(17)20)14-27-10-8-16(9-11-27)23-21-7-6-18(25)13-22(21)29-26-23;5-3(6)1-2-4(7)8/h3-7,13,15-16,19H,8-12,14H2,1-2H3;1-2H,(H,5,6)(H,7,8). The van der Waals surface area contributed by atoms with E-state index in [9.17, 15) is 14.0 Å². The number of hydrogen-bond acceptors (Lipinski definition) is 6. The molecule has 3 aromatic rings. The van der Waals surface area contributed by atoms with Crippen LogP contribution in [0.25, 0.3) is 11.0 Å². The molecule has 2 aliphatic heterocycles. The van der Waals surface area contributed by atoms with E-state index in [1.54, 1.807) is 6.07 Å². The normalized spacial score (nSPS) is 18.0. The summed E-state index contributed by atoms with van der Waals surface area (Å²) in [5.41, 5.74) is 4.18. The summed E-state index contributed by atoms with van der Waals surface area (Å²) in [6.45, 7) is 7.45. The molecule has 0 radical (unpaired) electrons. The van der Waals surface area contributed by atoms with Crippen LogP contribution in [0.4, 0.5) is 4.39 Å². The Morgan fingerprint density at radius 3 is 2.49 bits per heavy atom. The molecule has 1 atom stereocenters. The van der Waals surface area contributed by atoms with Crippen LogP contribution in [0, 0.1) is 5.82 Å². The number of nitrogens with zero attached hydrogens (tertiary/aromatic N) is 2. The first-order valence-electron chi connectivity index (χ1n) is 12.4. The Balaban J connectivity index is 0.000000349. The quantitative estimate of drug-likeness (QED) is 0.446. The Kier molecular flexibility index (Phi) is 8.23. The van der Waals surface area contributed by atoms with Gasteiger partial charge in [-0.3, -0.25) is 4.90 Å². The average molecular weight is 511 g/mol. The van der Waals surface area contributed by atoms with Crippen molar-refractivity contribution in [2.24, 2.45) is 0 Å². The fraction of sp³-hybridized carbons (Fsp3) is 0.393. The van der Waals surface area contributed by atoms with Gasteiger partial charge in [0.05, 0.1) is 5.69 Å². The van der Waals surface area contributed by atoms with Crippen molar-refractivity contribution in [3.8, 4) is 5.75 Å². The lowest BCUT2D eigenvalue weighted by Gasteiger charge is -2.32. The van der Waals surface area contributed by atoms with Crippen LogP contribution >= 0.6 is 0 Å². The highest BCUT2D eigenvalue weighted by Gasteiger charge is 2.30. The number of aliphatic carboxylic acids is 2. The van der Waals surface area contributed by atoms with E-state index in [1.165, 1.54) is 23.3 Å². The minimum absolute atomic E-state index is 0.234. The van der Waals surface area contributed by atoms with Crippen LogP contribution in [0.1, 0.15) is 55.3 Å².